The summed E-state index contributed by atoms with van der Waals surface area (Å²) in [6, 6.07) is 10.6. The summed E-state index contributed by atoms with van der Waals surface area (Å²) in [6.45, 7) is 5.74. The molecule has 0 N–H and O–H groups in total. The lowest BCUT2D eigenvalue weighted by Gasteiger charge is -2.16. The van der Waals surface area contributed by atoms with E-state index in [9.17, 15) is 0 Å². The predicted molar refractivity (Wildman–Crippen MR) is 91.6 cm³/mol. The summed E-state index contributed by atoms with van der Waals surface area (Å²) in [7, 11) is 1.99. The highest BCUT2D eigenvalue weighted by Crippen LogP contribution is 2.21. The van der Waals surface area contributed by atoms with Gasteiger partial charge in [-0.25, -0.2) is 0 Å². The molecule has 0 amide bonds. The molecule has 0 spiro atoms. The van der Waals surface area contributed by atoms with Gasteiger partial charge in [0.25, 0.3) is 0 Å². The van der Waals surface area contributed by atoms with Crippen LogP contribution in [0.25, 0.3) is 6.08 Å². The molecular weight excluding hydrogens is 270 g/mol. The van der Waals surface area contributed by atoms with Crippen molar-refractivity contribution in [2.75, 3.05) is 19.6 Å². The third-order valence-corrected chi connectivity index (χ3v) is 4.34. The summed E-state index contributed by atoms with van der Waals surface area (Å²) in [6.07, 6.45) is 8.90. The highest BCUT2D eigenvalue weighted by Gasteiger charge is 2.22. The minimum atomic E-state index is 0.772. The van der Waals surface area contributed by atoms with Crippen LogP contribution >= 0.6 is 0 Å². The van der Waals surface area contributed by atoms with Gasteiger partial charge in [0.15, 0.2) is 0 Å². The second kappa shape index (κ2) is 6.93. The number of nitrogens with zero attached hydrogens (tertiary/aromatic N) is 3. The van der Waals surface area contributed by atoms with Crippen molar-refractivity contribution in [3.05, 3.63) is 59.4 Å². The van der Waals surface area contributed by atoms with Gasteiger partial charge in [-0.3, -0.25) is 9.58 Å². The van der Waals surface area contributed by atoms with Crippen LogP contribution in [0, 0.1) is 5.92 Å². The van der Waals surface area contributed by atoms with Gasteiger partial charge < -0.3 is 0 Å². The first-order valence-electron chi connectivity index (χ1n) is 8.11. The van der Waals surface area contributed by atoms with Gasteiger partial charge in [-0.1, -0.05) is 42.0 Å². The lowest BCUT2D eigenvalue weighted by atomic mass is 10.0. The van der Waals surface area contributed by atoms with Crippen molar-refractivity contribution in [1.29, 1.82) is 0 Å². The standard InChI is InChI=1S/C19H25N3/c1-16(10-17-6-4-3-5-7-17)13-22-9-8-18(15-22)11-19-12-20-21(2)14-19/h3-7,10,12,14,18H,8-9,11,13,15H2,1-2H3. The van der Waals surface area contributed by atoms with Crippen LogP contribution in [0.2, 0.25) is 0 Å². The summed E-state index contributed by atoms with van der Waals surface area (Å²) in [5.74, 6) is 0.772. The van der Waals surface area contributed by atoms with Gasteiger partial charge in [0.1, 0.15) is 0 Å². The van der Waals surface area contributed by atoms with E-state index in [1.165, 1.54) is 36.2 Å². The van der Waals surface area contributed by atoms with Gasteiger partial charge in [0.05, 0.1) is 6.20 Å². The lowest BCUT2D eigenvalue weighted by molar-refractivity contribution is 0.351. The molecule has 1 aliphatic rings. The van der Waals surface area contributed by atoms with Crippen LogP contribution < -0.4 is 0 Å². The van der Waals surface area contributed by atoms with Crippen molar-refractivity contribution in [3.63, 3.8) is 0 Å². The third kappa shape index (κ3) is 4.08. The van der Waals surface area contributed by atoms with Crippen molar-refractivity contribution in [3.8, 4) is 0 Å². The number of hydrogen-bond acceptors (Lipinski definition) is 2. The van der Waals surface area contributed by atoms with E-state index in [1.807, 2.05) is 17.9 Å². The van der Waals surface area contributed by atoms with Crippen LogP contribution in [-0.2, 0) is 13.5 Å². The quantitative estimate of drug-likeness (QED) is 0.843. The molecule has 2 aromatic rings. The monoisotopic (exact) mass is 295 g/mol. The van der Waals surface area contributed by atoms with Gasteiger partial charge >= 0.3 is 0 Å². The zero-order valence-corrected chi connectivity index (χ0v) is 13.6. The number of benzene rings is 1. The van der Waals surface area contributed by atoms with Gasteiger partial charge in [0, 0.05) is 26.3 Å². The molecule has 2 heterocycles. The minimum absolute atomic E-state index is 0.772. The topological polar surface area (TPSA) is 21.1 Å². The third-order valence-electron chi connectivity index (χ3n) is 4.34. The second-order valence-corrected chi connectivity index (χ2v) is 6.52. The van der Waals surface area contributed by atoms with E-state index < -0.39 is 0 Å². The Morgan fingerprint density at radius 3 is 2.86 bits per heavy atom. The first kappa shape index (κ1) is 15.0. The number of aromatic nitrogens is 2. The van der Waals surface area contributed by atoms with Crippen LogP contribution in [0.5, 0.6) is 0 Å². The van der Waals surface area contributed by atoms with E-state index in [1.54, 1.807) is 0 Å². The highest BCUT2D eigenvalue weighted by atomic mass is 15.2. The molecule has 1 saturated heterocycles. The molecule has 0 saturated carbocycles. The molecule has 0 bridgehead atoms. The molecule has 1 fully saturated rings. The summed E-state index contributed by atoms with van der Waals surface area (Å²) >= 11 is 0. The molecule has 3 rings (SSSR count). The zero-order valence-electron chi connectivity index (χ0n) is 13.6. The van der Waals surface area contributed by atoms with Crippen molar-refractivity contribution < 1.29 is 0 Å². The Kier molecular flexibility index (Phi) is 4.74. The number of likely N-dealkylation sites (tertiary alicyclic amines) is 1. The average molecular weight is 295 g/mol. The molecule has 3 nitrogen and oxygen atoms in total. The second-order valence-electron chi connectivity index (χ2n) is 6.52. The maximum atomic E-state index is 4.27. The van der Waals surface area contributed by atoms with Crippen molar-refractivity contribution >= 4 is 6.08 Å². The Morgan fingerprint density at radius 2 is 2.14 bits per heavy atom. The molecule has 22 heavy (non-hydrogen) atoms. The fraction of sp³-hybridized carbons (Fsp3) is 0.421. The van der Waals surface area contributed by atoms with E-state index in [4.69, 9.17) is 0 Å². The van der Waals surface area contributed by atoms with E-state index in [0.29, 0.717) is 0 Å². The Balaban J connectivity index is 1.51. The first-order valence-corrected chi connectivity index (χ1v) is 8.11. The van der Waals surface area contributed by atoms with Crippen LogP contribution in [0.3, 0.4) is 0 Å². The van der Waals surface area contributed by atoms with E-state index in [0.717, 1.165) is 18.9 Å². The molecule has 1 aromatic carbocycles. The maximum Gasteiger partial charge on any atom is 0.0521 e. The molecule has 3 heteroatoms. The molecule has 1 aliphatic heterocycles. The van der Waals surface area contributed by atoms with Crippen LogP contribution in [0.4, 0.5) is 0 Å². The van der Waals surface area contributed by atoms with Gasteiger partial charge in [-0.2, -0.15) is 5.10 Å². The highest BCUT2D eigenvalue weighted by molar-refractivity contribution is 5.52. The molecule has 0 aliphatic carbocycles. The Hall–Kier alpha value is -1.87. The molecule has 116 valence electrons. The Bertz CT molecular complexity index is 627. The minimum Gasteiger partial charge on any atom is -0.299 e. The zero-order chi connectivity index (χ0) is 15.4. The largest absolute Gasteiger partial charge is 0.299 e. The van der Waals surface area contributed by atoms with Crippen LogP contribution in [0.1, 0.15) is 24.5 Å². The van der Waals surface area contributed by atoms with Crippen LogP contribution in [-0.4, -0.2) is 34.3 Å². The number of hydrogen-bond donors (Lipinski definition) is 0. The van der Waals surface area contributed by atoms with Gasteiger partial charge in [-0.05, 0) is 43.4 Å². The molecule has 0 radical (unpaired) electrons. The van der Waals surface area contributed by atoms with E-state index in [-0.39, 0.29) is 0 Å². The predicted octanol–water partition coefficient (Wildman–Crippen LogP) is 3.39. The van der Waals surface area contributed by atoms with Crippen molar-refractivity contribution in [2.24, 2.45) is 13.0 Å². The summed E-state index contributed by atoms with van der Waals surface area (Å²) in [4.78, 5) is 2.58. The summed E-state index contributed by atoms with van der Waals surface area (Å²) in [5, 5.41) is 4.27. The number of rotatable bonds is 5. The SMILES string of the molecule is CC(=Cc1ccccc1)CN1CCC(Cc2cnn(C)c2)C1. The summed E-state index contributed by atoms with van der Waals surface area (Å²) in [5.41, 5.74) is 4.10. The first-order chi connectivity index (χ1) is 10.7. The number of aryl methyl sites for hydroxylation is 1. The van der Waals surface area contributed by atoms with E-state index >= 15 is 0 Å². The maximum absolute atomic E-state index is 4.27. The summed E-state index contributed by atoms with van der Waals surface area (Å²) < 4.78 is 1.90. The van der Waals surface area contributed by atoms with Crippen molar-refractivity contribution in [2.45, 2.75) is 19.8 Å². The fourth-order valence-corrected chi connectivity index (χ4v) is 3.37. The molecule has 1 aromatic heterocycles. The molecule has 1 unspecified atom stereocenters. The lowest BCUT2D eigenvalue weighted by Crippen LogP contribution is -2.23. The Labute approximate surface area is 133 Å². The van der Waals surface area contributed by atoms with Crippen LogP contribution in [0.15, 0.2) is 48.3 Å². The smallest absolute Gasteiger partial charge is 0.0521 e. The fourth-order valence-electron chi connectivity index (χ4n) is 3.37. The average Bonchev–Trinajstić information content (AvgIpc) is 3.09. The Morgan fingerprint density at radius 1 is 1.32 bits per heavy atom. The van der Waals surface area contributed by atoms with Gasteiger partial charge in [-0.15, -0.1) is 0 Å². The molecule has 1 atom stereocenters. The van der Waals surface area contributed by atoms with Crippen molar-refractivity contribution in [1.82, 2.24) is 14.7 Å². The van der Waals surface area contributed by atoms with Gasteiger partial charge in [0.2, 0.25) is 0 Å². The molecular formula is C19H25N3. The van der Waals surface area contributed by atoms with E-state index in [2.05, 4.69) is 59.5 Å². The normalized spacial score (nSPS) is 19.7.